The first-order valence-corrected chi connectivity index (χ1v) is 24.8. The van der Waals surface area contributed by atoms with E-state index in [2.05, 4.69) is 0 Å². The van der Waals surface area contributed by atoms with Crippen molar-refractivity contribution in [2.75, 3.05) is 39.3 Å². The average Bonchev–Trinajstić information content (AvgIpc) is 2.68. The van der Waals surface area contributed by atoms with Gasteiger partial charge in [0.25, 0.3) is 0 Å². The van der Waals surface area contributed by atoms with Crippen molar-refractivity contribution >= 4 is 60.8 Å². The van der Waals surface area contributed by atoms with Gasteiger partial charge in [0.2, 0.25) is 22.1 Å². The van der Waals surface area contributed by atoms with Crippen LogP contribution in [-0.4, -0.2) is 159 Å². The molecule has 1 aliphatic heterocycles. The van der Waals surface area contributed by atoms with Crippen molar-refractivity contribution in [1.82, 2.24) is 19.8 Å². The summed E-state index contributed by atoms with van der Waals surface area (Å²) in [4.78, 5) is 156. The Morgan fingerprint density at radius 3 is 0.587 bits per heavy atom. The third-order valence-electron chi connectivity index (χ3n) is 5.83. The van der Waals surface area contributed by atoms with E-state index in [0.717, 1.165) is 0 Å². The minimum Gasteiger partial charge on any atom is -0.323 e. The highest BCUT2D eigenvalue weighted by Gasteiger charge is 2.58. The molecule has 0 bridgehead atoms. The molecule has 0 amide bonds. The summed E-state index contributed by atoms with van der Waals surface area (Å²) in [6, 6.07) is 0. The molecule has 0 aliphatic carbocycles. The molecule has 16 N–H and O–H groups in total. The molecule has 46 heavy (non-hydrogen) atoms. The van der Waals surface area contributed by atoms with Gasteiger partial charge in [-0.05, 0) is 0 Å². The minimum absolute atomic E-state index is 0.0121. The molecular weight excluding hydrogens is 808 g/mol. The third kappa shape index (κ3) is 12.4. The molecule has 1 saturated heterocycles. The maximum absolute atomic E-state index is 12.3. The van der Waals surface area contributed by atoms with Gasteiger partial charge in [0.1, 0.15) is 0 Å². The van der Waals surface area contributed by atoms with Gasteiger partial charge in [-0.3, -0.25) is 46.3 Å². The standard InChI is InChI=1S/C10H32N4O24P8/c15-39(16,17)7(40(18,19)20)11-1-2-12(8(41(21,22)23)42(24,25)26)4-6-14(10(45(33,34)35)46(36,37)38)13(5-3-11)9(43(27,28)29)44(30,31)32/h7-10H,1-6H2,(H2,15,16,17)(H2,18,19,20)(H2,21,22,23)(H2,24,25,26)(H2,27,28,29)(H2,30,31,32)(H2,33,34,35)(H2,36,37,38). The van der Waals surface area contributed by atoms with Crippen molar-refractivity contribution in [2.24, 2.45) is 0 Å². The Kier molecular flexibility index (Phi) is 14.6. The van der Waals surface area contributed by atoms with E-state index in [1.807, 2.05) is 0 Å². The lowest BCUT2D eigenvalue weighted by molar-refractivity contribution is -0.0499. The van der Waals surface area contributed by atoms with E-state index in [4.69, 9.17) is 0 Å². The van der Waals surface area contributed by atoms with Crippen LogP contribution in [0.3, 0.4) is 0 Å². The molecule has 0 radical (unpaired) electrons. The second-order valence-electron chi connectivity index (χ2n) is 9.50. The maximum Gasteiger partial charge on any atom is 0.356 e. The van der Waals surface area contributed by atoms with E-state index in [-0.39, 0.29) is 9.80 Å². The summed E-state index contributed by atoms with van der Waals surface area (Å²) in [5.74, 6) is 0. The number of rotatable bonds is 12. The highest BCUT2D eigenvalue weighted by molar-refractivity contribution is 7.72. The van der Waals surface area contributed by atoms with Crippen molar-refractivity contribution in [3.05, 3.63) is 0 Å². The number of nitrogens with zero attached hydrogens (tertiary/aromatic N) is 4. The first-order chi connectivity index (χ1) is 19.9. The van der Waals surface area contributed by atoms with Crippen LogP contribution in [0.4, 0.5) is 0 Å². The van der Waals surface area contributed by atoms with Crippen molar-refractivity contribution in [2.45, 2.75) is 22.1 Å². The van der Waals surface area contributed by atoms with Crippen molar-refractivity contribution in [3.8, 4) is 0 Å². The van der Waals surface area contributed by atoms with Gasteiger partial charge in [0, 0.05) is 39.3 Å². The second kappa shape index (κ2) is 14.9. The summed E-state index contributed by atoms with van der Waals surface area (Å²) in [7, 11) is -49.8. The van der Waals surface area contributed by atoms with E-state index in [1.54, 1.807) is 0 Å². The van der Waals surface area contributed by atoms with Crippen molar-refractivity contribution in [1.29, 1.82) is 0 Å². The largest absolute Gasteiger partial charge is 0.356 e. The summed E-state index contributed by atoms with van der Waals surface area (Å²) in [5.41, 5.74) is -13.9. The van der Waals surface area contributed by atoms with E-state index >= 15 is 0 Å². The maximum atomic E-state index is 12.3. The van der Waals surface area contributed by atoms with E-state index in [1.165, 1.54) is 0 Å². The molecular formula is C10H32N4O24P8. The first kappa shape index (κ1) is 45.1. The molecule has 0 aromatic heterocycles. The lowest BCUT2D eigenvalue weighted by Crippen LogP contribution is -2.59. The molecule has 1 heterocycles. The summed E-state index contributed by atoms with van der Waals surface area (Å²) >= 11 is 0. The van der Waals surface area contributed by atoms with Crippen LogP contribution < -0.4 is 0 Å². The van der Waals surface area contributed by atoms with Crippen LogP contribution in [0.1, 0.15) is 0 Å². The molecule has 1 aliphatic rings. The summed E-state index contributed by atoms with van der Waals surface area (Å²) in [5, 5.41) is -0.970. The second-order valence-corrected chi connectivity index (χ2v) is 24.5. The van der Waals surface area contributed by atoms with Crippen molar-refractivity contribution in [3.63, 3.8) is 0 Å². The predicted molar refractivity (Wildman–Crippen MR) is 148 cm³/mol. The van der Waals surface area contributed by atoms with E-state index < -0.39 is 132 Å². The van der Waals surface area contributed by atoms with E-state index in [9.17, 15) is 115 Å². The quantitative estimate of drug-likeness (QED) is 0.0826. The molecule has 0 aromatic carbocycles. The monoisotopic (exact) mass is 840 g/mol. The number of hydrogen-bond acceptors (Lipinski definition) is 12. The predicted octanol–water partition coefficient (Wildman–Crippen LogP) is -4.32. The Balaban J connectivity index is 4.34. The minimum atomic E-state index is -6.38. The zero-order valence-corrected chi connectivity index (χ0v) is 29.5. The highest BCUT2D eigenvalue weighted by Crippen LogP contribution is 2.67. The molecule has 0 unspecified atom stereocenters. The molecule has 36 heteroatoms. The van der Waals surface area contributed by atoms with E-state index in [0.29, 0.717) is 0 Å². The Morgan fingerprint density at radius 2 is 0.435 bits per heavy atom. The Morgan fingerprint density at radius 1 is 0.283 bits per heavy atom. The first-order valence-electron chi connectivity index (χ1n) is 11.4. The summed E-state index contributed by atoms with van der Waals surface area (Å²) in [6.45, 7) is -8.74. The third-order valence-corrected chi connectivity index (χ3v) is 20.2. The van der Waals surface area contributed by atoms with Crippen LogP contribution in [0, 0.1) is 0 Å². The van der Waals surface area contributed by atoms with Crippen LogP contribution in [0.2, 0.25) is 0 Å². The number of hydrogen-bond donors (Lipinski definition) is 16. The van der Waals surface area contributed by atoms with Crippen LogP contribution in [0.25, 0.3) is 0 Å². The zero-order valence-electron chi connectivity index (χ0n) is 22.3. The number of hydrazine groups is 1. The topological polar surface area (TPSA) is 473 Å². The smallest absolute Gasteiger partial charge is 0.323 e. The van der Waals surface area contributed by atoms with Gasteiger partial charge in [-0.15, -0.1) is 0 Å². The molecule has 1 rings (SSSR count). The summed E-state index contributed by atoms with van der Waals surface area (Å²) in [6.07, 6.45) is 0. The lowest BCUT2D eigenvalue weighted by Gasteiger charge is -2.46. The highest BCUT2D eigenvalue weighted by atomic mass is 31.3. The summed E-state index contributed by atoms with van der Waals surface area (Å²) < 4.78 is 97.9. The molecule has 0 saturated carbocycles. The van der Waals surface area contributed by atoms with Gasteiger partial charge in [0.15, 0.2) is 0 Å². The fourth-order valence-electron chi connectivity index (χ4n) is 4.49. The molecule has 276 valence electrons. The Labute approximate surface area is 256 Å². The van der Waals surface area contributed by atoms with Gasteiger partial charge in [-0.1, -0.05) is 0 Å². The van der Waals surface area contributed by atoms with Crippen LogP contribution in [0.5, 0.6) is 0 Å². The van der Waals surface area contributed by atoms with Gasteiger partial charge in [-0.25, -0.2) is 10.0 Å². The van der Waals surface area contributed by atoms with Gasteiger partial charge in [0.05, 0.1) is 0 Å². The molecule has 0 spiro atoms. The molecule has 0 aromatic rings. The Bertz CT molecular complexity index is 1280. The lowest BCUT2D eigenvalue weighted by atomic mass is 10.4. The van der Waals surface area contributed by atoms with Gasteiger partial charge >= 0.3 is 60.8 Å². The van der Waals surface area contributed by atoms with Crippen LogP contribution in [0.15, 0.2) is 0 Å². The zero-order chi connectivity index (χ0) is 36.9. The molecule has 1 fully saturated rings. The Hall–Kier alpha value is 1.04. The molecule has 0 atom stereocenters. The van der Waals surface area contributed by atoms with Gasteiger partial charge in [-0.2, -0.15) is 0 Å². The average molecular weight is 840 g/mol. The molecule has 28 nitrogen and oxygen atoms in total. The van der Waals surface area contributed by atoms with Gasteiger partial charge < -0.3 is 78.3 Å². The van der Waals surface area contributed by atoms with Crippen molar-refractivity contribution < 1.29 is 115 Å². The fraction of sp³-hybridized carbons (Fsp3) is 1.00. The van der Waals surface area contributed by atoms with Crippen LogP contribution in [-0.2, 0) is 36.5 Å². The fourth-order valence-corrected chi connectivity index (χ4v) is 15.8. The normalized spacial score (nSPS) is 19.9. The van der Waals surface area contributed by atoms with Crippen LogP contribution >= 0.6 is 60.8 Å². The SMILES string of the molecule is O=P(O)(O)C(N1CCN(C(P(=O)(O)O)P(=O)(O)O)CCN(C(P(=O)(O)O)P(=O)(O)O)N(C(P(=O)(O)O)P(=O)(O)O)CC1)P(=O)(O)O.